The van der Waals surface area contributed by atoms with Gasteiger partial charge < -0.3 is 10.2 Å². The average molecular weight is 335 g/mol. The highest BCUT2D eigenvalue weighted by Gasteiger charge is 2.32. The molecule has 5 heteroatoms. The molecule has 2 amide bonds. The number of likely N-dealkylation sites (tertiary alicyclic amines) is 1. The van der Waals surface area contributed by atoms with Gasteiger partial charge >= 0.3 is 0 Å². The molecule has 1 N–H and O–H groups in total. The van der Waals surface area contributed by atoms with Gasteiger partial charge in [-0.15, -0.1) is 0 Å². The molecular formula is C18H23ClN2O2. The van der Waals surface area contributed by atoms with Crippen LogP contribution in [-0.4, -0.2) is 36.3 Å². The van der Waals surface area contributed by atoms with Gasteiger partial charge in [0, 0.05) is 23.7 Å². The quantitative estimate of drug-likeness (QED) is 0.923. The molecule has 2 aliphatic rings. The summed E-state index contributed by atoms with van der Waals surface area (Å²) in [5.41, 5.74) is 0.521. The minimum atomic E-state index is -0.234. The number of hydrogen-bond acceptors (Lipinski definition) is 2. The van der Waals surface area contributed by atoms with E-state index in [9.17, 15) is 9.59 Å². The Balaban J connectivity index is 1.49. The Bertz CT molecular complexity index is 573. The van der Waals surface area contributed by atoms with Gasteiger partial charge in [0.2, 0.25) is 5.91 Å². The summed E-state index contributed by atoms with van der Waals surface area (Å²) >= 11 is 5.81. The number of benzene rings is 1. The molecule has 124 valence electrons. The highest BCUT2D eigenvalue weighted by Crippen LogP contribution is 2.35. The van der Waals surface area contributed by atoms with Gasteiger partial charge in [-0.25, -0.2) is 0 Å². The van der Waals surface area contributed by atoms with Crippen LogP contribution in [0.1, 0.15) is 42.5 Å². The topological polar surface area (TPSA) is 49.4 Å². The molecule has 1 heterocycles. The van der Waals surface area contributed by atoms with E-state index in [0.717, 1.165) is 25.4 Å². The van der Waals surface area contributed by atoms with Gasteiger partial charge in [0.25, 0.3) is 5.91 Å². The van der Waals surface area contributed by atoms with E-state index >= 15 is 0 Å². The first kappa shape index (κ1) is 16.3. The zero-order valence-corrected chi connectivity index (χ0v) is 14.0. The Morgan fingerprint density at radius 2 is 1.78 bits per heavy atom. The van der Waals surface area contributed by atoms with Crippen LogP contribution in [-0.2, 0) is 4.79 Å². The highest BCUT2D eigenvalue weighted by molar-refractivity contribution is 6.30. The van der Waals surface area contributed by atoms with Gasteiger partial charge in [-0.3, -0.25) is 9.59 Å². The zero-order chi connectivity index (χ0) is 16.2. The van der Waals surface area contributed by atoms with Crippen molar-refractivity contribution in [3.05, 3.63) is 34.9 Å². The summed E-state index contributed by atoms with van der Waals surface area (Å²) in [5, 5.41) is 3.31. The van der Waals surface area contributed by atoms with Gasteiger partial charge in [-0.1, -0.05) is 30.9 Å². The molecule has 2 atom stereocenters. The van der Waals surface area contributed by atoms with Crippen molar-refractivity contribution in [1.82, 2.24) is 10.2 Å². The molecule has 0 aromatic heterocycles. The van der Waals surface area contributed by atoms with Gasteiger partial charge in [-0.05, 0) is 48.9 Å². The molecule has 23 heavy (non-hydrogen) atoms. The number of nitrogens with zero attached hydrogens (tertiary/aromatic N) is 1. The van der Waals surface area contributed by atoms with Crippen molar-refractivity contribution >= 4 is 23.4 Å². The summed E-state index contributed by atoms with van der Waals surface area (Å²) in [4.78, 5) is 26.3. The molecular weight excluding hydrogens is 312 g/mol. The van der Waals surface area contributed by atoms with Crippen LogP contribution in [0.25, 0.3) is 0 Å². The SMILES string of the molecule is O=C(NCC(=O)N1CC[C@@H]2CCCC[C@H]2C1)c1ccc(Cl)cc1. The molecule has 4 nitrogen and oxygen atoms in total. The van der Waals surface area contributed by atoms with E-state index < -0.39 is 0 Å². The Morgan fingerprint density at radius 3 is 2.52 bits per heavy atom. The van der Waals surface area contributed by atoms with Crippen LogP contribution in [0, 0.1) is 11.8 Å². The predicted octanol–water partition coefficient (Wildman–Crippen LogP) is 3.11. The summed E-state index contributed by atoms with van der Waals surface area (Å²) in [6.07, 6.45) is 6.30. The lowest BCUT2D eigenvalue weighted by molar-refractivity contribution is -0.133. The third-order valence-corrected chi connectivity index (χ3v) is 5.40. The minimum absolute atomic E-state index is 0.0244. The third kappa shape index (κ3) is 4.05. The molecule has 1 aromatic carbocycles. The average Bonchev–Trinajstić information content (AvgIpc) is 2.59. The fourth-order valence-corrected chi connectivity index (χ4v) is 3.92. The number of carbonyl (C=O) groups excluding carboxylic acids is 2. The van der Waals surface area contributed by atoms with Crippen LogP contribution in [0.3, 0.4) is 0 Å². The number of halogens is 1. The second-order valence-corrected chi connectivity index (χ2v) is 7.06. The molecule has 2 fully saturated rings. The monoisotopic (exact) mass is 334 g/mol. The van der Waals surface area contributed by atoms with Crippen molar-refractivity contribution in [3.8, 4) is 0 Å². The van der Waals surface area contributed by atoms with Crippen LogP contribution in [0.4, 0.5) is 0 Å². The van der Waals surface area contributed by atoms with E-state index in [2.05, 4.69) is 5.32 Å². The maximum atomic E-state index is 12.4. The van der Waals surface area contributed by atoms with Crippen molar-refractivity contribution in [2.24, 2.45) is 11.8 Å². The molecule has 1 aliphatic carbocycles. The standard InChI is InChI=1S/C18H23ClN2O2/c19-16-7-5-14(6-8-16)18(23)20-11-17(22)21-10-9-13-3-1-2-4-15(13)12-21/h5-8,13,15H,1-4,9-12H2,(H,20,23)/t13-,15-/m0/s1. The molecule has 0 unspecified atom stereocenters. The Labute approximate surface area is 142 Å². The van der Waals surface area contributed by atoms with E-state index in [-0.39, 0.29) is 18.4 Å². The first-order valence-corrected chi connectivity index (χ1v) is 8.83. The maximum absolute atomic E-state index is 12.4. The van der Waals surface area contributed by atoms with Crippen LogP contribution in [0.5, 0.6) is 0 Å². The maximum Gasteiger partial charge on any atom is 0.251 e. The molecule has 0 spiro atoms. The lowest BCUT2D eigenvalue weighted by Crippen LogP contribution is -2.48. The highest BCUT2D eigenvalue weighted by atomic mass is 35.5. The van der Waals surface area contributed by atoms with E-state index in [4.69, 9.17) is 11.6 Å². The van der Waals surface area contributed by atoms with E-state index in [1.807, 2.05) is 4.90 Å². The first-order valence-electron chi connectivity index (χ1n) is 8.45. The molecule has 1 aliphatic heterocycles. The van der Waals surface area contributed by atoms with Gasteiger partial charge in [0.1, 0.15) is 0 Å². The summed E-state index contributed by atoms with van der Waals surface area (Å²) < 4.78 is 0. The van der Waals surface area contributed by atoms with Crippen LogP contribution >= 0.6 is 11.6 Å². The largest absolute Gasteiger partial charge is 0.343 e. The van der Waals surface area contributed by atoms with Gasteiger partial charge in [0.15, 0.2) is 0 Å². The van der Waals surface area contributed by atoms with E-state index in [0.29, 0.717) is 16.5 Å². The fraction of sp³-hybridized carbons (Fsp3) is 0.556. The van der Waals surface area contributed by atoms with Crippen LogP contribution < -0.4 is 5.32 Å². The molecule has 1 aromatic rings. The number of piperidine rings is 1. The smallest absolute Gasteiger partial charge is 0.251 e. The minimum Gasteiger partial charge on any atom is -0.343 e. The third-order valence-electron chi connectivity index (χ3n) is 5.15. The lowest BCUT2D eigenvalue weighted by atomic mass is 9.75. The van der Waals surface area contributed by atoms with Crippen molar-refractivity contribution in [2.45, 2.75) is 32.1 Å². The van der Waals surface area contributed by atoms with Crippen molar-refractivity contribution in [1.29, 1.82) is 0 Å². The van der Waals surface area contributed by atoms with Crippen molar-refractivity contribution in [3.63, 3.8) is 0 Å². The second kappa shape index (κ2) is 7.35. The number of amides is 2. The summed E-state index contributed by atoms with van der Waals surface area (Å²) in [7, 11) is 0. The van der Waals surface area contributed by atoms with Crippen LogP contribution in [0.15, 0.2) is 24.3 Å². The zero-order valence-electron chi connectivity index (χ0n) is 13.3. The Hall–Kier alpha value is -1.55. The van der Waals surface area contributed by atoms with E-state index in [1.54, 1.807) is 24.3 Å². The summed E-state index contributed by atoms with van der Waals surface area (Å²) in [6, 6.07) is 6.67. The number of carbonyl (C=O) groups is 2. The number of rotatable bonds is 3. The fourth-order valence-electron chi connectivity index (χ4n) is 3.80. The lowest BCUT2D eigenvalue weighted by Gasteiger charge is -2.41. The Morgan fingerprint density at radius 1 is 1.09 bits per heavy atom. The number of hydrogen-bond donors (Lipinski definition) is 1. The molecule has 1 saturated heterocycles. The number of fused-ring (bicyclic) bond motifs is 1. The normalized spacial score (nSPS) is 24.0. The first-order chi connectivity index (χ1) is 11.1. The molecule has 0 radical (unpaired) electrons. The second-order valence-electron chi connectivity index (χ2n) is 6.62. The Kier molecular flexibility index (Phi) is 5.21. The molecule has 0 bridgehead atoms. The summed E-state index contributed by atoms with van der Waals surface area (Å²) in [6.45, 7) is 1.76. The molecule has 3 rings (SSSR count). The number of nitrogens with one attached hydrogen (secondary N) is 1. The van der Waals surface area contributed by atoms with Crippen molar-refractivity contribution in [2.75, 3.05) is 19.6 Å². The predicted molar refractivity (Wildman–Crippen MR) is 90.4 cm³/mol. The van der Waals surface area contributed by atoms with Gasteiger partial charge in [0.05, 0.1) is 6.54 Å². The summed E-state index contributed by atoms with van der Waals surface area (Å²) in [5.74, 6) is 1.25. The van der Waals surface area contributed by atoms with Gasteiger partial charge in [-0.2, -0.15) is 0 Å². The van der Waals surface area contributed by atoms with E-state index in [1.165, 1.54) is 25.7 Å². The van der Waals surface area contributed by atoms with Crippen LogP contribution in [0.2, 0.25) is 5.02 Å². The molecule has 1 saturated carbocycles. The van der Waals surface area contributed by atoms with Crippen molar-refractivity contribution < 1.29 is 9.59 Å².